The van der Waals surface area contributed by atoms with Crippen molar-refractivity contribution in [2.24, 2.45) is 13.0 Å². The van der Waals surface area contributed by atoms with Crippen LogP contribution in [0.2, 0.25) is 0 Å². The minimum atomic E-state index is -0.299. The van der Waals surface area contributed by atoms with E-state index in [9.17, 15) is 9.59 Å². The Kier molecular flexibility index (Phi) is 8.30. The van der Waals surface area contributed by atoms with E-state index in [-0.39, 0.29) is 23.8 Å². The maximum atomic E-state index is 12.9. The zero-order chi connectivity index (χ0) is 25.7. The highest BCUT2D eigenvalue weighted by molar-refractivity contribution is 7.99. The van der Waals surface area contributed by atoms with Gasteiger partial charge >= 0.3 is 0 Å². The molecule has 1 aliphatic rings. The molecule has 2 heterocycles. The van der Waals surface area contributed by atoms with E-state index in [0.29, 0.717) is 35.4 Å². The second kappa shape index (κ2) is 11.6. The van der Waals surface area contributed by atoms with Crippen LogP contribution in [0.3, 0.4) is 0 Å². The van der Waals surface area contributed by atoms with Crippen molar-refractivity contribution in [2.45, 2.75) is 32.0 Å². The molecule has 190 valence electrons. The lowest BCUT2D eigenvalue weighted by atomic mass is 10.0. The van der Waals surface area contributed by atoms with Crippen LogP contribution in [0.15, 0.2) is 59.8 Å². The van der Waals surface area contributed by atoms with E-state index in [1.54, 1.807) is 0 Å². The van der Waals surface area contributed by atoms with E-state index >= 15 is 0 Å². The molecule has 4 rings (SSSR count). The molecule has 36 heavy (non-hydrogen) atoms. The molecule has 1 aliphatic heterocycles. The first kappa shape index (κ1) is 25.8. The monoisotopic (exact) mass is 506 g/mol. The predicted octanol–water partition coefficient (Wildman–Crippen LogP) is 3.69. The van der Waals surface area contributed by atoms with E-state index in [4.69, 9.17) is 0 Å². The molecule has 1 saturated heterocycles. The minimum absolute atomic E-state index is 0.102. The van der Waals surface area contributed by atoms with E-state index in [1.165, 1.54) is 17.4 Å². The standard InChI is InChI=1S/C27H34N6O2S/c1-19(2)24(28-26(35)21-10-8-9-20(3)17-21)25-29-30-27(31(25)4)36-18-23(34)33-15-13-32(14-16-33)22-11-6-5-7-12-22/h5-12,17,19,24H,13-16,18H2,1-4H3,(H,28,35)/t24-/m1/s1. The zero-order valence-electron chi connectivity index (χ0n) is 21.3. The third-order valence-electron chi connectivity index (χ3n) is 6.46. The molecule has 0 unspecified atom stereocenters. The van der Waals surface area contributed by atoms with Gasteiger partial charge in [0.05, 0.1) is 11.8 Å². The van der Waals surface area contributed by atoms with Crippen LogP contribution in [-0.2, 0) is 11.8 Å². The van der Waals surface area contributed by atoms with Gasteiger partial charge in [-0.15, -0.1) is 10.2 Å². The summed E-state index contributed by atoms with van der Waals surface area (Å²) in [5, 5.41) is 12.5. The second-order valence-electron chi connectivity index (χ2n) is 9.46. The Balaban J connectivity index is 1.34. The highest BCUT2D eigenvalue weighted by atomic mass is 32.2. The number of aryl methyl sites for hydroxylation is 1. The normalized spacial score (nSPS) is 14.7. The third kappa shape index (κ3) is 6.07. The molecule has 0 spiro atoms. The number of nitrogens with zero attached hydrogens (tertiary/aromatic N) is 5. The molecule has 2 aromatic carbocycles. The number of piperazine rings is 1. The van der Waals surface area contributed by atoms with Crippen LogP contribution in [0.4, 0.5) is 5.69 Å². The van der Waals surface area contributed by atoms with Crippen molar-refractivity contribution >= 4 is 29.3 Å². The highest BCUT2D eigenvalue weighted by Crippen LogP contribution is 2.25. The summed E-state index contributed by atoms with van der Waals surface area (Å²) in [5.41, 5.74) is 2.85. The maximum Gasteiger partial charge on any atom is 0.251 e. The van der Waals surface area contributed by atoms with Crippen LogP contribution >= 0.6 is 11.8 Å². The van der Waals surface area contributed by atoms with Crippen molar-refractivity contribution in [3.8, 4) is 0 Å². The molecule has 0 saturated carbocycles. The number of hydrogen-bond donors (Lipinski definition) is 1. The van der Waals surface area contributed by atoms with Crippen molar-refractivity contribution < 1.29 is 9.59 Å². The molecule has 0 bridgehead atoms. The molecule has 0 aliphatic carbocycles. The fraction of sp³-hybridized carbons (Fsp3) is 0.407. The number of nitrogens with one attached hydrogen (secondary N) is 1. The molecular formula is C27H34N6O2S. The lowest BCUT2D eigenvalue weighted by Gasteiger charge is -2.36. The van der Waals surface area contributed by atoms with Crippen LogP contribution in [-0.4, -0.2) is 63.4 Å². The Hall–Kier alpha value is -3.33. The van der Waals surface area contributed by atoms with E-state index in [2.05, 4.69) is 32.5 Å². The number of carbonyl (C=O) groups excluding carboxylic acids is 2. The number of thioether (sulfide) groups is 1. The maximum absolute atomic E-state index is 12.9. The van der Waals surface area contributed by atoms with Gasteiger partial charge in [0, 0.05) is 44.5 Å². The van der Waals surface area contributed by atoms with Gasteiger partial charge in [0.1, 0.15) is 0 Å². The second-order valence-corrected chi connectivity index (χ2v) is 10.4. The summed E-state index contributed by atoms with van der Waals surface area (Å²) in [6.07, 6.45) is 0. The topological polar surface area (TPSA) is 83.4 Å². The van der Waals surface area contributed by atoms with Gasteiger partial charge in [0.25, 0.3) is 5.91 Å². The predicted molar refractivity (Wildman–Crippen MR) is 143 cm³/mol. The summed E-state index contributed by atoms with van der Waals surface area (Å²) in [6.45, 7) is 9.12. The number of carbonyl (C=O) groups is 2. The number of aromatic nitrogens is 3. The smallest absolute Gasteiger partial charge is 0.251 e. The number of hydrogen-bond acceptors (Lipinski definition) is 6. The quantitative estimate of drug-likeness (QED) is 0.469. The number of para-hydroxylation sites is 1. The molecule has 1 atom stereocenters. The summed E-state index contributed by atoms with van der Waals surface area (Å²) in [5.74, 6) is 1.06. The van der Waals surface area contributed by atoms with Crippen LogP contribution in [0.5, 0.6) is 0 Å². The van der Waals surface area contributed by atoms with Gasteiger partial charge in [0.2, 0.25) is 5.91 Å². The van der Waals surface area contributed by atoms with E-state index in [1.807, 2.05) is 79.8 Å². The Morgan fingerprint density at radius 3 is 2.39 bits per heavy atom. The summed E-state index contributed by atoms with van der Waals surface area (Å²) < 4.78 is 1.88. The van der Waals surface area contributed by atoms with Crippen molar-refractivity contribution in [3.63, 3.8) is 0 Å². The summed E-state index contributed by atoms with van der Waals surface area (Å²) in [4.78, 5) is 30.0. The average molecular weight is 507 g/mol. The van der Waals surface area contributed by atoms with Gasteiger partial charge in [-0.25, -0.2) is 0 Å². The molecule has 1 N–H and O–H groups in total. The Morgan fingerprint density at radius 1 is 1.00 bits per heavy atom. The Morgan fingerprint density at radius 2 is 1.72 bits per heavy atom. The first-order chi connectivity index (χ1) is 17.3. The van der Waals surface area contributed by atoms with Gasteiger partial charge in [0.15, 0.2) is 11.0 Å². The number of benzene rings is 2. The highest BCUT2D eigenvalue weighted by Gasteiger charge is 2.26. The van der Waals surface area contributed by atoms with Gasteiger partial charge in [-0.3, -0.25) is 9.59 Å². The molecule has 0 radical (unpaired) electrons. The van der Waals surface area contributed by atoms with Gasteiger partial charge in [-0.2, -0.15) is 0 Å². The number of amides is 2. The molecule has 1 aromatic heterocycles. The summed E-state index contributed by atoms with van der Waals surface area (Å²) >= 11 is 1.38. The van der Waals surface area contributed by atoms with Gasteiger partial charge in [-0.1, -0.05) is 61.5 Å². The molecule has 2 amide bonds. The fourth-order valence-corrected chi connectivity index (χ4v) is 5.15. The largest absolute Gasteiger partial charge is 0.368 e. The number of anilines is 1. The average Bonchev–Trinajstić information content (AvgIpc) is 3.25. The first-order valence-electron chi connectivity index (χ1n) is 12.3. The van der Waals surface area contributed by atoms with Crippen molar-refractivity contribution in [3.05, 3.63) is 71.5 Å². The number of rotatable bonds is 8. The SMILES string of the molecule is Cc1cccc(C(=O)N[C@@H](c2nnc(SCC(=O)N3CCN(c4ccccc4)CC3)n2C)C(C)C)c1. The Bertz CT molecular complexity index is 1190. The molecule has 3 aromatic rings. The third-order valence-corrected chi connectivity index (χ3v) is 7.46. The van der Waals surface area contributed by atoms with Crippen molar-refractivity contribution in [2.75, 3.05) is 36.8 Å². The Labute approximate surface area is 217 Å². The zero-order valence-corrected chi connectivity index (χ0v) is 22.2. The van der Waals surface area contributed by atoms with E-state index in [0.717, 1.165) is 18.7 Å². The van der Waals surface area contributed by atoms with Gasteiger partial charge < -0.3 is 19.7 Å². The minimum Gasteiger partial charge on any atom is -0.368 e. The fourth-order valence-electron chi connectivity index (χ4n) is 4.33. The van der Waals surface area contributed by atoms with Gasteiger partial charge in [-0.05, 0) is 37.1 Å². The molecule has 8 nitrogen and oxygen atoms in total. The van der Waals surface area contributed by atoms with Crippen molar-refractivity contribution in [1.29, 1.82) is 0 Å². The van der Waals surface area contributed by atoms with E-state index < -0.39 is 0 Å². The van der Waals surface area contributed by atoms with Crippen LogP contribution in [0, 0.1) is 12.8 Å². The summed E-state index contributed by atoms with van der Waals surface area (Å²) in [6, 6.07) is 17.5. The lowest BCUT2D eigenvalue weighted by molar-refractivity contribution is -0.128. The lowest BCUT2D eigenvalue weighted by Crippen LogP contribution is -2.49. The van der Waals surface area contributed by atoms with Crippen LogP contribution < -0.4 is 10.2 Å². The van der Waals surface area contributed by atoms with Crippen LogP contribution in [0.1, 0.15) is 41.6 Å². The molecule has 9 heteroatoms. The first-order valence-corrected chi connectivity index (χ1v) is 13.3. The van der Waals surface area contributed by atoms with Crippen molar-refractivity contribution in [1.82, 2.24) is 25.0 Å². The summed E-state index contributed by atoms with van der Waals surface area (Å²) in [7, 11) is 1.88. The molecular weight excluding hydrogens is 472 g/mol. The van der Waals surface area contributed by atoms with Crippen LogP contribution in [0.25, 0.3) is 0 Å². The molecule has 1 fully saturated rings.